The highest BCUT2D eigenvalue weighted by Gasteiger charge is 2.26. The number of carbonyl (C=O) groups excluding carboxylic acids is 1. The van der Waals surface area contributed by atoms with Crippen molar-refractivity contribution in [3.05, 3.63) is 33.9 Å². The van der Waals surface area contributed by atoms with Crippen molar-refractivity contribution in [2.24, 2.45) is 5.92 Å². The van der Waals surface area contributed by atoms with Gasteiger partial charge in [-0.1, -0.05) is 6.92 Å². The minimum atomic E-state index is -0.471. The van der Waals surface area contributed by atoms with Gasteiger partial charge in [-0.2, -0.15) is 0 Å². The summed E-state index contributed by atoms with van der Waals surface area (Å²) in [4.78, 5) is 24.3. The zero-order chi connectivity index (χ0) is 14.7. The van der Waals surface area contributed by atoms with Gasteiger partial charge < -0.3 is 4.90 Å². The third-order valence-electron chi connectivity index (χ3n) is 3.59. The van der Waals surface area contributed by atoms with Crippen LogP contribution in [0.5, 0.6) is 0 Å². The molecular weight excluding hydrogens is 256 g/mol. The number of ketones is 1. The summed E-state index contributed by atoms with van der Waals surface area (Å²) in [6.07, 6.45) is 3.48. The fraction of sp³-hybridized carbons (Fsp3) is 0.533. The number of hydrogen-bond acceptors (Lipinski definition) is 4. The molecule has 0 unspecified atom stereocenters. The highest BCUT2D eigenvalue weighted by atomic mass is 16.6. The monoisotopic (exact) mass is 276 g/mol. The zero-order valence-corrected chi connectivity index (χ0v) is 12.0. The second-order valence-corrected chi connectivity index (χ2v) is 5.40. The quantitative estimate of drug-likeness (QED) is 0.435. The van der Waals surface area contributed by atoms with E-state index in [1.165, 1.54) is 25.8 Å². The average Bonchev–Trinajstić information content (AvgIpc) is 3.21. The lowest BCUT2D eigenvalue weighted by Crippen LogP contribution is -2.26. The van der Waals surface area contributed by atoms with E-state index >= 15 is 0 Å². The summed E-state index contributed by atoms with van der Waals surface area (Å²) < 4.78 is 0. The van der Waals surface area contributed by atoms with Crippen LogP contribution in [0.3, 0.4) is 0 Å². The SMILES string of the molecule is CCCN(CC1CC1)c1ccc(C(C)=O)c([N+](=O)[O-])c1. The van der Waals surface area contributed by atoms with Gasteiger partial charge in [0.15, 0.2) is 5.78 Å². The molecule has 5 heteroatoms. The molecule has 2 rings (SSSR count). The molecule has 0 amide bonds. The van der Waals surface area contributed by atoms with Crippen molar-refractivity contribution in [1.82, 2.24) is 0 Å². The predicted octanol–water partition coefficient (Wildman–Crippen LogP) is 3.42. The Morgan fingerprint density at radius 1 is 1.45 bits per heavy atom. The van der Waals surface area contributed by atoms with Gasteiger partial charge in [0.25, 0.3) is 5.69 Å². The van der Waals surface area contributed by atoms with Crippen LogP contribution in [-0.4, -0.2) is 23.8 Å². The summed E-state index contributed by atoms with van der Waals surface area (Å²) in [7, 11) is 0. The second kappa shape index (κ2) is 6.03. The summed E-state index contributed by atoms with van der Waals surface area (Å²) in [5.74, 6) is 0.445. The number of anilines is 1. The van der Waals surface area contributed by atoms with E-state index in [0.29, 0.717) is 5.92 Å². The topological polar surface area (TPSA) is 63.5 Å². The molecule has 5 nitrogen and oxygen atoms in total. The Morgan fingerprint density at radius 3 is 2.65 bits per heavy atom. The van der Waals surface area contributed by atoms with Crippen molar-refractivity contribution >= 4 is 17.2 Å². The highest BCUT2D eigenvalue weighted by Crippen LogP contribution is 2.33. The van der Waals surface area contributed by atoms with Gasteiger partial charge in [0, 0.05) is 24.8 Å². The van der Waals surface area contributed by atoms with E-state index in [0.717, 1.165) is 25.2 Å². The maximum Gasteiger partial charge on any atom is 0.282 e. The molecule has 0 heterocycles. The number of carbonyl (C=O) groups is 1. The minimum Gasteiger partial charge on any atom is -0.371 e. The maximum atomic E-state index is 11.4. The summed E-state index contributed by atoms with van der Waals surface area (Å²) in [5, 5.41) is 11.1. The lowest BCUT2D eigenvalue weighted by atomic mass is 10.1. The molecule has 0 aliphatic heterocycles. The van der Waals surface area contributed by atoms with Crippen LogP contribution >= 0.6 is 0 Å². The van der Waals surface area contributed by atoms with Crippen LogP contribution in [-0.2, 0) is 0 Å². The van der Waals surface area contributed by atoms with Crippen LogP contribution in [0.15, 0.2) is 18.2 Å². The third kappa shape index (κ3) is 3.35. The largest absolute Gasteiger partial charge is 0.371 e. The van der Waals surface area contributed by atoms with Crippen molar-refractivity contribution in [2.75, 3.05) is 18.0 Å². The van der Waals surface area contributed by atoms with E-state index in [1.807, 2.05) is 6.07 Å². The van der Waals surface area contributed by atoms with Crippen molar-refractivity contribution in [3.63, 3.8) is 0 Å². The van der Waals surface area contributed by atoms with E-state index < -0.39 is 4.92 Å². The summed E-state index contributed by atoms with van der Waals surface area (Å²) in [5.41, 5.74) is 0.934. The molecule has 0 bridgehead atoms. The number of nitro benzene ring substituents is 1. The standard InChI is InChI=1S/C15H20N2O3/c1-3-8-16(10-12-4-5-12)13-6-7-14(11(2)18)15(9-13)17(19)20/h6-7,9,12H,3-5,8,10H2,1-2H3. The number of rotatable bonds is 7. The summed E-state index contributed by atoms with van der Waals surface area (Å²) in [6.45, 7) is 5.28. The molecule has 1 aliphatic carbocycles. The van der Waals surface area contributed by atoms with Gasteiger partial charge in [-0.15, -0.1) is 0 Å². The first-order chi connectivity index (χ1) is 9.52. The predicted molar refractivity (Wildman–Crippen MR) is 78.3 cm³/mol. The first-order valence-electron chi connectivity index (χ1n) is 7.07. The van der Waals surface area contributed by atoms with Crippen molar-refractivity contribution in [1.29, 1.82) is 0 Å². The van der Waals surface area contributed by atoms with Crippen molar-refractivity contribution < 1.29 is 9.72 Å². The maximum absolute atomic E-state index is 11.4. The van der Waals surface area contributed by atoms with Gasteiger partial charge in [0.2, 0.25) is 0 Å². The zero-order valence-electron chi connectivity index (χ0n) is 12.0. The molecular formula is C15H20N2O3. The molecule has 0 spiro atoms. The molecule has 1 fully saturated rings. The van der Waals surface area contributed by atoms with Gasteiger partial charge in [-0.05, 0) is 44.2 Å². The highest BCUT2D eigenvalue weighted by molar-refractivity contribution is 5.98. The first-order valence-corrected chi connectivity index (χ1v) is 7.07. The normalized spacial score (nSPS) is 14.1. The van der Waals surface area contributed by atoms with Gasteiger partial charge in [0.1, 0.15) is 0 Å². The van der Waals surface area contributed by atoms with E-state index in [9.17, 15) is 14.9 Å². The lowest BCUT2D eigenvalue weighted by molar-refractivity contribution is -0.385. The van der Waals surface area contributed by atoms with Crippen molar-refractivity contribution in [2.45, 2.75) is 33.1 Å². The minimum absolute atomic E-state index is 0.0908. The summed E-state index contributed by atoms with van der Waals surface area (Å²) in [6, 6.07) is 4.93. The fourth-order valence-corrected chi connectivity index (χ4v) is 2.37. The van der Waals surface area contributed by atoms with E-state index in [1.54, 1.807) is 6.07 Å². The van der Waals surface area contributed by atoms with Crippen LogP contribution in [0.1, 0.15) is 43.5 Å². The molecule has 1 aromatic rings. The molecule has 0 N–H and O–H groups in total. The van der Waals surface area contributed by atoms with Crippen LogP contribution in [0.2, 0.25) is 0 Å². The number of benzene rings is 1. The van der Waals surface area contributed by atoms with Crippen LogP contribution in [0, 0.1) is 16.0 Å². The fourth-order valence-electron chi connectivity index (χ4n) is 2.37. The molecule has 0 radical (unpaired) electrons. The Hall–Kier alpha value is -1.91. The van der Waals surface area contributed by atoms with Gasteiger partial charge in [0.05, 0.1) is 10.5 Å². The number of nitrogens with zero attached hydrogens (tertiary/aromatic N) is 2. The smallest absolute Gasteiger partial charge is 0.282 e. The molecule has 0 aromatic heterocycles. The molecule has 1 saturated carbocycles. The third-order valence-corrected chi connectivity index (χ3v) is 3.59. The average molecular weight is 276 g/mol. The Kier molecular flexibility index (Phi) is 4.37. The molecule has 1 aromatic carbocycles. The second-order valence-electron chi connectivity index (χ2n) is 5.40. The molecule has 20 heavy (non-hydrogen) atoms. The Labute approximate surface area is 118 Å². The van der Waals surface area contributed by atoms with Gasteiger partial charge in [-0.25, -0.2) is 0 Å². The van der Waals surface area contributed by atoms with E-state index in [4.69, 9.17) is 0 Å². The first kappa shape index (κ1) is 14.5. The number of Topliss-reactive ketones (excluding diaryl/α,β-unsaturated/α-hetero) is 1. The van der Waals surface area contributed by atoms with Crippen LogP contribution in [0.4, 0.5) is 11.4 Å². The van der Waals surface area contributed by atoms with Gasteiger partial charge in [-0.3, -0.25) is 14.9 Å². The Morgan fingerprint density at radius 2 is 2.15 bits per heavy atom. The van der Waals surface area contributed by atoms with Gasteiger partial charge >= 0.3 is 0 Å². The summed E-state index contributed by atoms with van der Waals surface area (Å²) >= 11 is 0. The van der Waals surface area contributed by atoms with E-state index in [2.05, 4.69) is 11.8 Å². The number of nitro groups is 1. The molecule has 1 aliphatic rings. The lowest BCUT2D eigenvalue weighted by Gasteiger charge is -2.24. The Bertz CT molecular complexity index is 524. The van der Waals surface area contributed by atoms with Crippen LogP contribution < -0.4 is 4.90 Å². The number of hydrogen-bond donors (Lipinski definition) is 0. The molecule has 108 valence electrons. The molecule has 0 atom stereocenters. The van der Waals surface area contributed by atoms with Crippen LogP contribution in [0.25, 0.3) is 0 Å². The molecule has 0 saturated heterocycles. The van der Waals surface area contributed by atoms with E-state index in [-0.39, 0.29) is 17.0 Å². The Balaban J connectivity index is 2.31. The van der Waals surface area contributed by atoms with Crippen molar-refractivity contribution in [3.8, 4) is 0 Å².